The van der Waals surface area contributed by atoms with Crippen molar-refractivity contribution in [1.29, 1.82) is 0 Å². The van der Waals surface area contributed by atoms with Crippen molar-refractivity contribution in [2.24, 2.45) is 0 Å². The van der Waals surface area contributed by atoms with Crippen molar-refractivity contribution in [3.05, 3.63) is 90.5 Å². The van der Waals surface area contributed by atoms with E-state index >= 15 is 0 Å². The highest BCUT2D eigenvalue weighted by atomic mass is 35.5. The van der Waals surface area contributed by atoms with Crippen molar-refractivity contribution in [2.45, 2.75) is 11.6 Å². The lowest BCUT2D eigenvalue weighted by Crippen LogP contribution is -2.15. The fraction of sp³-hybridized carbons (Fsp3) is 0.100. The van der Waals surface area contributed by atoms with Crippen molar-refractivity contribution >= 4 is 19.4 Å². The first kappa shape index (κ1) is 21.1. The maximum Gasteiger partial charge on any atom is 0.647 e. The molecule has 3 rings (SSSR count). The van der Waals surface area contributed by atoms with Gasteiger partial charge in [-0.05, 0) is 42.0 Å². The first-order valence-electron chi connectivity index (χ1n) is 8.35. The van der Waals surface area contributed by atoms with Crippen LogP contribution >= 0.6 is 19.4 Å². The van der Waals surface area contributed by atoms with Gasteiger partial charge in [0.1, 0.15) is 17.2 Å². The van der Waals surface area contributed by atoms with Crippen LogP contribution in [0.1, 0.15) is 10.9 Å². The van der Waals surface area contributed by atoms with Crippen LogP contribution in [0.2, 0.25) is 0 Å². The zero-order valence-electron chi connectivity index (χ0n) is 14.8. The van der Waals surface area contributed by atoms with Crippen LogP contribution in [0.4, 0.5) is 13.2 Å². The number of rotatable bonds is 7. The van der Waals surface area contributed by atoms with E-state index in [-0.39, 0.29) is 22.8 Å². The summed E-state index contributed by atoms with van der Waals surface area (Å²) in [6, 6.07) is 21.1. The number of halogens is 4. The summed E-state index contributed by atoms with van der Waals surface area (Å²) in [5.41, 5.74) is -0.261. The molecule has 0 aromatic heterocycles. The molecule has 0 radical (unpaired) electrons. The highest BCUT2D eigenvalue weighted by molar-refractivity contribution is 7.49. The molecule has 0 heterocycles. The Morgan fingerprint density at radius 2 is 1.17 bits per heavy atom. The third-order valence-corrected chi connectivity index (χ3v) is 5.38. The van der Waals surface area contributed by atoms with Crippen molar-refractivity contribution in [3.8, 4) is 17.2 Å². The van der Waals surface area contributed by atoms with E-state index < -0.39 is 19.4 Å². The summed E-state index contributed by atoms with van der Waals surface area (Å²) in [6.45, 7) is 0. The predicted octanol–water partition coefficient (Wildman–Crippen LogP) is 7.17. The zero-order chi connectivity index (χ0) is 20.9. The van der Waals surface area contributed by atoms with E-state index in [0.717, 1.165) is 6.07 Å². The molecule has 0 fully saturated rings. The van der Waals surface area contributed by atoms with Crippen molar-refractivity contribution < 1.29 is 31.3 Å². The van der Waals surface area contributed by atoms with E-state index in [2.05, 4.69) is 0 Å². The molecule has 0 spiro atoms. The van der Waals surface area contributed by atoms with Crippen LogP contribution in [0.25, 0.3) is 0 Å². The second-order valence-electron chi connectivity index (χ2n) is 5.82. The molecule has 0 aliphatic heterocycles. The lowest BCUT2D eigenvalue weighted by Gasteiger charge is -2.20. The first-order chi connectivity index (χ1) is 13.8. The molecule has 3 aromatic carbocycles. The summed E-state index contributed by atoms with van der Waals surface area (Å²) in [6.07, 6.45) is -4.65. The standard InChI is InChI=1S/C20H15ClF3O4P/c21-19(20(22,23)24)15-8-7-13-18(14-15)28-29(25,26-16-9-3-1-4-10-16)27-17-11-5-2-6-12-17/h1-14,19H/t19-/m1/s1. The summed E-state index contributed by atoms with van der Waals surface area (Å²) in [5.74, 6) is 0.259. The summed E-state index contributed by atoms with van der Waals surface area (Å²) >= 11 is 5.47. The van der Waals surface area contributed by atoms with Crippen molar-refractivity contribution in [3.63, 3.8) is 0 Å². The van der Waals surface area contributed by atoms with E-state index in [0.29, 0.717) is 0 Å². The van der Waals surface area contributed by atoms with Gasteiger partial charge in [-0.2, -0.15) is 17.7 Å². The Bertz CT molecular complexity index is 938. The summed E-state index contributed by atoms with van der Waals surface area (Å²) in [7, 11) is -4.30. The third kappa shape index (κ3) is 5.92. The van der Waals surface area contributed by atoms with Crippen LogP contribution in [0.3, 0.4) is 0 Å². The van der Waals surface area contributed by atoms with E-state index in [1.54, 1.807) is 60.7 Å². The fourth-order valence-corrected chi connectivity index (χ4v) is 3.70. The van der Waals surface area contributed by atoms with Gasteiger partial charge in [-0.3, -0.25) is 0 Å². The maximum atomic E-state index is 13.3. The molecule has 0 N–H and O–H groups in total. The molecule has 0 bridgehead atoms. The van der Waals surface area contributed by atoms with Crippen LogP contribution in [0, 0.1) is 0 Å². The Labute approximate surface area is 170 Å². The van der Waals surface area contributed by atoms with E-state index in [1.807, 2.05) is 0 Å². The minimum absolute atomic E-state index is 0.146. The second kappa shape index (κ2) is 8.80. The number of benzene rings is 3. The molecule has 0 aliphatic rings. The Kier molecular flexibility index (Phi) is 6.40. The van der Waals surface area contributed by atoms with Gasteiger partial charge < -0.3 is 13.6 Å². The van der Waals surface area contributed by atoms with Crippen LogP contribution in [0.5, 0.6) is 17.2 Å². The molecule has 9 heteroatoms. The van der Waals surface area contributed by atoms with E-state index in [9.17, 15) is 17.7 Å². The summed E-state index contributed by atoms with van der Waals surface area (Å²) in [4.78, 5) is 0. The van der Waals surface area contributed by atoms with E-state index in [1.165, 1.54) is 18.2 Å². The minimum atomic E-state index is -4.65. The zero-order valence-corrected chi connectivity index (χ0v) is 16.4. The van der Waals surface area contributed by atoms with Crippen LogP contribution < -0.4 is 13.6 Å². The summed E-state index contributed by atoms with van der Waals surface area (Å²) < 4.78 is 68.3. The molecule has 0 amide bonds. The molecule has 0 saturated heterocycles. The summed E-state index contributed by atoms with van der Waals surface area (Å²) in [5, 5.41) is -2.24. The highest BCUT2D eigenvalue weighted by Crippen LogP contribution is 2.50. The molecular weight excluding hydrogens is 428 g/mol. The highest BCUT2D eigenvalue weighted by Gasteiger charge is 2.40. The lowest BCUT2D eigenvalue weighted by atomic mass is 10.1. The number of alkyl halides is 4. The van der Waals surface area contributed by atoms with Gasteiger partial charge in [0.25, 0.3) is 0 Å². The van der Waals surface area contributed by atoms with Gasteiger partial charge >= 0.3 is 14.0 Å². The van der Waals surface area contributed by atoms with Crippen LogP contribution in [-0.2, 0) is 4.57 Å². The Morgan fingerprint density at radius 3 is 1.66 bits per heavy atom. The molecular formula is C20H15ClF3O4P. The molecule has 1 atom stereocenters. The van der Waals surface area contributed by atoms with Gasteiger partial charge in [0.05, 0.1) is 0 Å². The fourth-order valence-electron chi connectivity index (χ4n) is 2.32. The molecule has 0 unspecified atom stereocenters. The normalized spacial score (nSPS) is 12.8. The van der Waals surface area contributed by atoms with Gasteiger partial charge in [0, 0.05) is 0 Å². The van der Waals surface area contributed by atoms with Crippen molar-refractivity contribution in [2.75, 3.05) is 0 Å². The Morgan fingerprint density at radius 1 is 0.724 bits per heavy atom. The SMILES string of the molecule is O=P(Oc1ccccc1)(Oc1ccccc1)Oc1cccc([C@@H](Cl)C(F)(F)F)c1. The van der Waals surface area contributed by atoms with Gasteiger partial charge in [0.2, 0.25) is 0 Å². The molecule has 152 valence electrons. The lowest BCUT2D eigenvalue weighted by molar-refractivity contribution is -0.131. The van der Waals surface area contributed by atoms with Gasteiger partial charge in [-0.15, -0.1) is 11.6 Å². The van der Waals surface area contributed by atoms with E-state index in [4.69, 9.17) is 25.2 Å². The molecule has 0 aliphatic carbocycles. The molecule has 29 heavy (non-hydrogen) atoms. The van der Waals surface area contributed by atoms with Crippen molar-refractivity contribution in [1.82, 2.24) is 0 Å². The molecule has 0 saturated carbocycles. The predicted molar refractivity (Wildman–Crippen MR) is 103 cm³/mol. The largest absolute Gasteiger partial charge is 0.647 e. The quantitative estimate of drug-likeness (QED) is 0.287. The minimum Gasteiger partial charge on any atom is -0.386 e. The maximum absolute atomic E-state index is 13.3. The van der Waals surface area contributed by atoms with Crippen LogP contribution in [0.15, 0.2) is 84.9 Å². The van der Waals surface area contributed by atoms with Crippen LogP contribution in [-0.4, -0.2) is 6.18 Å². The smallest absolute Gasteiger partial charge is 0.386 e. The number of hydrogen-bond acceptors (Lipinski definition) is 4. The van der Waals surface area contributed by atoms with Gasteiger partial charge in [0.15, 0.2) is 5.38 Å². The average Bonchev–Trinajstić information content (AvgIpc) is 2.68. The number of phosphoric ester groups is 1. The van der Waals surface area contributed by atoms with Gasteiger partial charge in [-0.25, -0.2) is 0 Å². The average molecular weight is 443 g/mol. The number of para-hydroxylation sites is 2. The molecule has 3 aromatic rings. The number of hydrogen-bond donors (Lipinski definition) is 0. The monoisotopic (exact) mass is 442 g/mol. The van der Waals surface area contributed by atoms with Gasteiger partial charge in [-0.1, -0.05) is 48.5 Å². The second-order valence-corrected chi connectivity index (χ2v) is 7.70. The Balaban J connectivity index is 1.90. The third-order valence-electron chi connectivity index (χ3n) is 3.58. The topological polar surface area (TPSA) is 44.8 Å². The Hall–Kier alpha value is -2.63. The number of phosphoric acid groups is 1. The molecule has 4 nitrogen and oxygen atoms in total. The first-order valence-corrected chi connectivity index (χ1v) is 10.2.